The molecule has 0 aliphatic heterocycles. The Morgan fingerprint density at radius 1 is 1.28 bits per heavy atom. The average molecular weight is 243 g/mol. The number of pyridine rings is 2. The van der Waals surface area contributed by atoms with E-state index < -0.39 is 0 Å². The summed E-state index contributed by atoms with van der Waals surface area (Å²) in [6.07, 6.45) is 7.26. The zero-order valence-corrected chi connectivity index (χ0v) is 10.5. The maximum Gasteiger partial charge on any atom is 0.215 e. The first-order chi connectivity index (χ1) is 8.75. The third kappa shape index (κ3) is 3.45. The number of aryl methyl sites for hydroxylation is 2. The van der Waals surface area contributed by atoms with Crippen molar-refractivity contribution >= 4 is 5.69 Å². The Morgan fingerprint density at radius 3 is 2.78 bits per heavy atom. The molecule has 0 unspecified atom stereocenters. The summed E-state index contributed by atoms with van der Waals surface area (Å²) in [5.41, 5.74) is 8.75. The van der Waals surface area contributed by atoms with E-state index in [9.17, 15) is 0 Å². The quantitative estimate of drug-likeness (QED) is 0.819. The third-order valence-corrected chi connectivity index (χ3v) is 2.73. The molecule has 0 aromatic carbocycles. The Labute approximate surface area is 107 Å². The van der Waals surface area contributed by atoms with Crippen molar-refractivity contribution in [3.8, 4) is 5.88 Å². The molecule has 0 bridgehead atoms. The maximum absolute atomic E-state index is 5.79. The van der Waals surface area contributed by atoms with E-state index in [2.05, 4.69) is 9.97 Å². The molecule has 2 heterocycles. The highest BCUT2D eigenvalue weighted by Gasteiger charge is 1.99. The molecule has 0 spiro atoms. The van der Waals surface area contributed by atoms with E-state index in [-0.39, 0.29) is 0 Å². The minimum Gasteiger partial charge on any atom is -0.478 e. The molecule has 4 nitrogen and oxygen atoms in total. The van der Waals surface area contributed by atoms with Crippen LogP contribution in [0.3, 0.4) is 0 Å². The number of hydrogen-bond donors (Lipinski definition) is 1. The molecule has 0 amide bonds. The van der Waals surface area contributed by atoms with Crippen LogP contribution in [0.1, 0.15) is 17.5 Å². The van der Waals surface area contributed by atoms with Gasteiger partial charge in [0.15, 0.2) is 0 Å². The molecule has 0 aliphatic carbocycles. The maximum atomic E-state index is 5.79. The van der Waals surface area contributed by atoms with Gasteiger partial charge in [0.2, 0.25) is 5.88 Å². The monoisotopic (exact) mass is 243 g/mol. The van der Waals surface area contributed by atoms with Crippen molar-refractivity contribution in [3.63, 3.8) is 0 Å². The molecular weight excluding hydrogens is 226 g/mol. The van der Waals surface area contributed by atoms with Gasteiger partial charge in [-0.05, 0) is 43.0 Å². The average Bonchev–Trinajstić information content (AvgIpc) is 2.40. The van der Waals surface area contributed by atoms with Crippen LogP contribution in [-0.2, 0) is 6.42 Å². The molecule has 2 aromatic rings. The molecule has 2 rings (SSSR count). The number of ether oxygens (including phenoxy) is 1. The van der Waals surface area contributed by atoms with Gasteiger partial charge < -0.3 is 10.5 Å². The summed E-state index contributed by atoms with van der Waals surface area (Å²) in [6, 6.07) is 5.80. The summed E-state index contributed by atoms with van der Waals surface area (Å²) < 4.78 is 5.56. The van der Waals surface area contributed by atoms with Gasteiger partial charge in [-0.1, -0.05) is 0 Å². The molecule has 94 valence electrons. The highest BCUT2D eigenvalue weighted by molar-refractivity contribution is 5.47. The van der Waals surface area contributed by atoms with Crippen LogP contribution in [0.5, 0.6) is 5.88 Å². The van der Waals surface area contributed by atoms with Gasteiger partial charge in [0.05, 0.1) is 6.61 Å². The Morgan fingerprint density at radius 2 is 2.06 bits per heavy atom. The number of nitrogens with two attached hydrogens (primary N) is 1. The molecule has 2 aromatic heterocycles. The zero-order valence-electron chi connectivity index (χ0n) is 10.5. The fourth-order valence-electron chi connectivity index (χ4n) is 1.60. The van der Waals surface area contributed by atoms with E-state index in [4.69, 9.17) is 10.5 Å². The highest BCUT2D eigenvalue weighted by atomic mass is 16.5. The fourth-order valence-corrected chi connectivity index (χ4v) is 1.60. The van der Waals surface area contributed by atoms with Gasteiger partial charge in [-0.15, -0.1) is 0 Å². The molecule has 0 fully saturated rings. The first-order valence-corrected chi connectivity index (χ1v) is 5.99. The van der Waals surface area contributed by atoms with Crippen molar-refractivity contribution in [1.29, 1.82) is 0 Å². The lowest BCUT2D eigenvalue weighted by molar-refractivity contribution is 0.299. The zero-order chi connectivity index (χ0) is 12.8. The van der Waals surface area contributed by atoms with Crippen LogP contribution < -0.4 is 10.5 Å². The van der Waals surface area contributed by atoms with Crippen LogP contribution in [0.15, 0.2) is 36.8 Å². The molecule has 2 N–H and O–H groups in total. The van der Waals surface area contributed by atoms with Gasteiger partial charge in [-0.3, -0.25) is 4.98 Å². The second-order valence-electron chi connectivity index (χ2n) is 4.19. The predicted octanol–water partition coefficient (Wildman–Crippen LogP) is 2.38. The lowest BCUT2D eigenvalue weighted by Crippen LogP contribution is -2.02. The Hall–Kier alpha value is -2.10. The van der Waals surface area contributed by atoms with Crippen molar-refractivity contribution < 1.29 is 4.74 Å². The number of rotatable bonds is 5. The summed E-state index contributed by atoms with van der Waals surface area (Å²) in [7, 11) is 0. The largest absolute Gasteiger partial charge is 0.478 e. The lowest BCUT2D eigenvalue weighted by Gasteiger charge is -2.07. The van der Waals surface area contributed by atoms with Crippen LogP contribution in [0, 0.1) is 6.92 Å². The van der Waals surface area contributed by atoms with Crippen LogP contribution in [0.25, 0.3) is 0 Å². The molecule has 18 heavy (non-hydrogen) atoms. The van der Waals surface area contributed by atoms with E-state index >= 15 is 0 Å². The second kappa shape index (κ2) is 6.00. The van der Waals surface area contributed by atoms with Gasteiger partial charge in [-0.25, -0.2) is 4.98 Å². The number of anilines is 1. The molecule has 0 atom stereocenters. The second-order valence-corrected chi connectivity index (χ2v) is 4.19. The summed E-state index contributed by atoms with van der Waals surface area (Å²) in [4.78, 5) is 8.16. The van der Waals surface area contributed by atoms with Crippen molar-refractivity contribution in [2.24, 2.45) is 0 Å². The normalized spacial score (nSPS) is 10.3. The minimum atomic E-state index is 0.591. The lowest BCUT2D eigenvalue weighted by atomic mass is 10.1. The van der Waals surface area contributed by atoms with Crippen molar-refractivity contribution in [2.45, 2.75) is 19.8 Å². The molecular formula is C14H17N3O. The molecule has 0 saturated carbocycles. The number of hydrogen-bond acceptors (Lipinski definition) is 4. The predicted molar refractivity (Wildman–Crippen MR) is 71.4 cm³/mol. The van der Waals surface area contributed by atoms with Crippen LogP contribution >= 0.6 is 0 Å². The van der Waals surface area contributed by atoms with E-state index in [0.717, 1.165) is 18.4 Å². The van der Waals surface area contributed by atoms with E-state index in [1.54, 1.807) is 24.7 Å². The third-order valence-electron chi connectivity index (χ3n) is 2.73. The summed E-state index contributed by atoms with van der Waals surface area (Å²) in [5.74, 6) is 0.591. The molecule has 0 aliphatic rings. The van der Waals surface area contributed by atoms with Crippen LogP contribution in [-0.4, -0.2) is 16.6 Å². The van der Waals surface area contributed by atoms with E-state index in [1.165, 1.54) is 5.56 Å². The summed E-state index contributed by atoms with van der Waals surface area (Å²) in [6.45, 7) is 2.56. The molecule has 0 saturated heterocycles. The first-order valence-electron chi connectivity index (χ1n) is 5.99. The number of nitrogen functional groups attached to an aromatic ring is 1. The highest BCUT2D eigenvalue weighted by Crippen LogP contribution is 2.15. The minimum absolute atomic E-state index is 0.591. The summed E-state index contributed by atoms with van der Waals surface area (Å²) in [5, 5.41) is 0. The molecule has 0 radical (unpaired) electrons. The number of aromatic nitrogens is 2. The van der Waals surface area contributed by atoms with Gasteiger partial charge in [-0.2, -0.15) is 0 Å². The van der Waals surface area contributed by atoms with Gasteiger partial charge >= 0.3 is 0 Å². The van der Waals surface area contributed by atoms with Gasteiger partial charge in [0, 0.05) is 30.3 Å². The van der Waals surface area contributed by atoms with Crippen LogP contribution in [0.4, 0.5) is 5.69 Å². The number of nitrogens with zero attached hydrogens (tertiary/aromatic N) is 2. The van der Waals surface area contributed by atoms with Crippen molar-refractivity contribution in [1.82, 2.24) is 9.97 Å². The Kier molecular flexibility index (Phi) is 4.12. The van der Waals surface area contributed by atoms with Crippen LogP contribution in [0.2, 0.25) is 0 Å². The van der Waals surface area contributed by atoms with Gasteiger partial charge in [0.25, 0.3) is 0 Å². The first kappa shape index (κ1) is 12.4. The van der Waals surface area contributed by atoms with E-state index in [1.807, 2.05) is 19.1 Å². The SMILES string of the molecule is Cc1cnc(OCCCc2ccncc2)cc1N. The Balaban J connectivity index is 1.77. The Bertz CT molecular complexity index is 500. The summed E-state index contributed by atoms with van der Waals surface area (Å²) >= 11 is 0. The topological polar surface area (TPSA) is 61.0 Å². The van der Waals surface area contributed by atoms with E-state index in [0.29, 0.717) is 18.2 Å². The van der Waals surface area contributed by atoms with Crippen molar-refractivity contribution in [2.75, 3.05) is 12.3 Å². The van der Waals surface area contributed by atoms with Gasteiger partial charge in [0.1, 0.15) is 0 Å². The fraction of sp³-hybridized carbons (Fsp3) is 0.286. The smallest absolute Gasteiger partial charge is 0.215 e. The standard InChI is InChI=1S/C14H17N3O/c1-11-10-17-14(9-13(11)15)18-8-2-3-12-4-6-16-7-5-12/h4-7,9-10H,2-3,8H2,1H3,(H2,15,17). The van der Waals surface area contributed by atoms with Crippen molar-refractivity contribution in [3.05, 3.63) is 47.9 Å². The molecule has 4 heteroatoms.